The Balaban J connectivity index is 1.17. The number of hydrogen-bond donors (Lipinski definition) is 1. The molecule has 2 aliphatic rings. The van der Waals surface area contributed by atoms with Crippen molar-refractivity contribution < 1.29 is 23.5 Å². The molecule has 3 heterocycles. The van der Waals surface area contributed by atoms with Crippen molar-refractivity contribution in [3.63, 3.8) is 0 Å². The molecule has 1 amide bonds. The maximum atomic E-state index is 14.8. The Hall–Kier alpha value is -3.21. The van der Waals surface area contributed by atoms with Crippen LogP contribution in [0.4, 0.5) is 4.39 Å². The van der Waals surface area contributed by atoms with E-state index >= 15 is 0 Å². The van der Waals surface area contributed by atoms with E-state index in [0.29, 0.717) is 49.0 Å². The van der Waals surface area contributed by atoms with Gasteiger partial charge in [0.05, 0.1) is 35.5 Å². The molecule has 1 saturated carbocycles. The van der Waals surface area contributed by atoms with Gasteiger partial charge in [0.25, 0.3) is 5.91 Å². The second-order valence-electron chi connectivity index (χ2n) is 9.30. The molecule has 1 N–H and O–H groups in total. The Bertz CT molecular complexity index is 1260. The average molecular weight is 525 g/mol. The SMILES string of the molecule is C[C@@H](Oc1ccc(C(=O)C2CC2)nc1)c1cc(-c2ccc(C(=O)NCCN3CCOCC3)c(F)c2)ns1. The summed E-state index contributed by atoms with van der Waals surface area (Å²) in [5.41, 5.74) is 1.67. The highest BCUT2D eigenvalue weighted by Crippen LogP contribution is 2.33. The van der Waals surface area contributed by atoms with Crippen molar-refractivity contribution in [2.45, 2.75) is 25.9 Å². The third kappa shape index (κ3) is 6.38. The largest absolute Gasteiger partial charge is 0.484 e. The summed E-state index contributed by atoms with van der Waals surface area (Å²) in [5, 5.41) is 2.79. The van der Waals surface area contributed by atoms with E-state index in [1.807, 2.05) is 13.0 Å². The molecule has 1 aliphatic heterocycles. The van der Waals surface area contributed by atoms with Gasteiger partial charge in [-0.05, 0) is 61.6 Å². The first kappa shape index (κ1) is 25.4. The number of rotatable bonds is 10. The lowest BCUT2D eigenvalue weighted by atomic mass is 10.1. The smallest absolute Gasteiger partial charge is 0.254 e. The van der Waals surface area contributed by atoms with Crippen molar-refractivity contribution in [3.05, 3.63) is 64.5 Å². The van der Waals surface area contributed by atoms with Gasteiger partial charge in [0.15, 0.2) is 5.78 Å². The minimum absolute atomic E-state index is 0.00833. The number of ketones is 1. The molecule has 0 unspecified atom stereocenters. The highest BCUT2D eigenvalue weighted by atomic mass is 32.1. The molecule has 3 aromatic rings. The summed E-state index contributed by atoms with van der Waals surface area (Å²) in [6.07, 6.45) is 3.14. The van der Waals surface area contributed by atoms with E-state index < -0.39 is 11.7 Å². The molecule has 1 aliphatic carbocycles. The number of halogens is 1. The maximum absolute atomic E-state index is 14.8. The zero-order valence-electron chi connectivity index (χ0n) is 20.6. The number of carbonyl (C=O) groups excluding carboxylic acids is 2. The highest BCUT2D eigenvalue weighted by molar-refractivity contribution is 7.06. The summed E-state index contributed by atoms with van der Waals surface area (Å²) in [7, 11) is 0. The highest BCUT2D eigenvalue weighted by Gasteiger charge is 2.31. The fourth-order valence-electron chi connectivity index (χ4n) is 4.14. The Labute approximate surface area is 219 Å². The summed E-state index contributed by atoms with van der Waals surface area (Å²) in [5.74, 6) is -0.244. The predicted molar refractivity (Wildman–Crippen MR) is 137 cm³/mol. The van der Waals surface area contributed by atoms with E-state index in [1.165, 1.54) is 23.7 Å². The first-order valence-corrected chi connectivity index (χ1v) is 13.3. The number of nitrogens with one attached hydrogen (secondary N) is 1. The van der Waals surface area contributed by atoms with Crippen LogP contribution in [0, 0.1) is 11.7 Å². The Morgan fingerprint density at radius 3 is 2.73 bits per heavy atom. The molecule has 5 rings (SSSR count). The van der Waals surface area contributed by atoms with Crippen LogP contribution in [0.5, 0.6) is 5.75 Å². The molecule has 0 spiro atoms. The van der Waals surface area contributed by atoms with Crippen LogP contribution in [-0.2, 0) is 4.74 Å². The van der Waals surface area contributed by atoms with Crippen LogP contribution in [0.2, 0.25) is 0 Å². The molecular weight excluding hydrogens is 495 g/mol. The van der Waals surface area contributed by atoms with Gasteiger partial charge in [0.1, 0.15) is 23.4 Å². The van der Waals surface area contributed by atoms with Crippen molar-refractivity contribution in [2.24, 2.45) is 5.92 Å². The van der Waals surface area contributed by atoms with Crippen molar-refractivity contribution in [1.29, 1.82) is 0 Å². The Kier molecular flexibility index (Phi) is 7.87. The molecular formula is C27H29FN4O4S. The lowest BCUT2D eigenvalue weighted by molar-refractivity contribution is 0.0383. The van der Waals surface area contributed by atoms with Gasteiger partial charge in [-0.1, -0.05) is 6.07 Å². The van der Waals surface area contributed by atoms with Crippen molar-refractivity contribution in [3.8, 4) is 17.0 Å². The normalized spacial score (nSPS) is 16.8. The predicted octanol–water partition coefficient (Wildman–Crippen LogP) is 4.14. The fourth-order valence-corrected chi connectivity index (χ4v) is 4.86. The molecule has 0 bridgehead atoms. The van der Waals surface area contributed by atoms with E-state index in [9.17, 15) is 14.0 Å². The van der Waals surface area contributed by atoms with Crippen molar-refractivity contribution in [2.75, 3.05) is 39.4 Å². The van der Waals surface area contributed by atoms with Crippen LogP contribution in [0.15, 0.2) is 42.6 Å². The summed E-state index contributed by atoms with van der Waals surface area (Å²) >= 11 is 1.27. The van der Waals surface area contributed by atoms with Gasteiger partial charge in [-0.15, -0.1) is 0 Å². The van der Waals surface area contributed by atoms with E-state index in [1.54, 1.807) is 24.4 Å². The van der Waals surface area contributed by atoms with Crippen molar-refractivity contribution in [1.82, 2.24) is 19.6 Å². The Morgan fingerprint density at radius 1 is 1.22 bits per heavy atom. The number of hydrogen-bond acceptors (Lipinski definition) is 8. The summed E-state index contributed by atoms with van der Waals surface area (Å²) in [4.78, 5) is 31.9. The second kappa shape index (κ2) is 11.5. The van der Waals surface area contributed by atoms with Gasteiger partial charge in [-0.3, -0.25) is 14.5 Å². The van der Waals surface area contributed by atoms with Crippen LogP contribution in [0.1, 0.15) is 51.6 Å². The monoisotopic (exact) mass is 524 g/mol. The van der Waals surface area contributed by atoms with E-state index in [-0.39, 0.29) is 23.4 Å². The molecule has 2 aromatic heterocycles. The van der Waals surface area contributed by atoms with Crippen molar-refractivity contribution >= 4 is 23.2 Å². The van der Waals surface area contributed by atoms with Crippen LogP contribution in [0.25, 0.3) is 11.3 Å². The lowest BCUT2D eigenvalue weighted by Crippen LogP contribution is -2.41. The van der Waals surface area contributed by atoms with E-state index in [2.05, 4.69) is 19.6 Å². The molecule has 0 radical (unpaired) electrons. The number of aromatic nitrogens is 2. The molecule has 8 nitrogen and oxygen atoms in total. The average Bonchev–Trinajstić information content (AvgIpc) is 3.65. The molecule has 194 valence electrons. The van der Waals surface area contributed by atoms with Crippen LogP contribution in [-0.4, -0.2) is 65.3 Å². The first-order valence-electron chi connectivity index (χ1n) is 12.5. The minimum Gasteiger partial charge on any atom is -0.484 e. The lowest BCUT2D eigenvalue weighted by Gasteiger charge is -2.26. The molecule has 1 atom stereocenters. The van der Waals surface area contributed by atoms with Crippen LogP contribution in [0.3, 0.4) is 0 Å². The molecule has 10 heteroatoms. The number of Topliss-reactive ketones (excluding diaryl/α,β-unsaturated/α-hetero) is 1. The number of carbonyl (C=O) groups is 2. The summed E-state index contributed by atoms with van der Waals surface area (Å²) in [6, 6.07) is 9.82. The van der Waals surface area contributed by atoms with Gasteiger partial charge in [-0.25, -0.2) is 9.37 Å². The molecule has 1 saturated heterocycles. The Morgan fingerprint density at radius 2 is 2.03 bits per heavy atom. The number of amides is 1. The van der Waals surface area contributed by atoms with E-state index in [0.717, 1.165) is 30.8 Å². The zero-order chi connectivity index (χ0) is 25.8. The van der Waals surface area contributed by atoms with Gasteiger partial charge in [-0.2, -0.15) is 4.37 Å². The molecule has 1 aromatic carbocycles. The van der Waals surface area contributed by atoms with Gasteiger partial charge < -0.3 is 14.8 Å². The van der Waals surface area contributed by atoms with E-state index in [4.69, 9.17) is 9.47 Å². The second-order valence-corrected chi connectivity index (χ2v) is 10.1. The number of pyridine rings is 1. The number of morpholine rings is 1. The standard InChI is InChI=1S/C27H29FN4O4S/c1-17(36-20-5-7-23(30-16-20)26(33)18-2-3-18)25-15-24(31-37-25)19-4-6-21(22(28)14-19)27(34)29-8-9-32-10-12-35-13-11-32/h4-7,14-18H,2-3,8-13H2,1H3,(H,29,34)/t17-/m1/s1. The molecule has 37 heavy (non-hydrogen) atoms. The van der Waals surface area contributed by atoms with Gasteiger partial charge in [0.2, 0.25) is 0 Å². The third-order valence-electron chi connectivity index (χ3n) is 6.51. The minimum atomic E-state index is -0.591. The molecule has 2 fully saturated rings. The number of nitrogens with zero attached hydrogens (tertiary/aromatic N) is 3. The topological polar surface area (TPSA) is 93.6 Å². The van der Waals surface area contributed by atoms with Gasteiger partial charge >= 0.3 is 0 Å². The summed E-state index contributed by atoms with van der Waals surface area (Å²) < 4.78 is 30.5. The third-order valence-corrected chi connectivity index (χ3v) is 7.45. The quantitative estimate of drug-likeness (QED) is 0.399. The summed E-state index contributed by atoms with van der Waals surface area (Å²) in [6.45, 7) is 6.11. The number of ether oxygens (including phenoxy) is 2. The zero-order valence-corrected chi connectivity index (χ0v) is 21.4. The van der Waals surface area contributed by atoms with Crippen LogP contribution < -0.4 is 10.1 Å². The maximum Gasteiger partial charge on any atom is 0.254 e. The van der Waals surface area contributed by atoms with Crippen LogP contribution >= 0.6 is 11.5 Å². The number of benzene rings is 1. The van der Waals surface area contributed by atoms with Gasteiger partial charge in [0, 0.05) is 37.7 Å². The first-order chi connectivity index (χ1) is 18.0. The fraction of sp³-hybridized carbons (Fsp3) is 0.407.